The van der Waals surface area contributed by atoms with Gasteiger partial charge in [-0.05, 0) is 58.6 Å². The minimum atomic E-state index is 0.167. The van der Waals surface area contributed by atoms with Crippen molar-refractivity contribution in [3.8, 4) is 0 Å². The van der Waals surface area contributed by atoms with Crippen LogP contribution < -0.4 is 5.32 Å². The summed E-state index contributed by atoms with van der Waals surface area (Å²) in [6.07, 6.45) is 19.0. The van der Waals surface area contributed by atoms with Crippen molar-refractivity contribution in [1.29, 1.82) is 0 Å². The molecule has 2 nitrogen and oxygen atoms in total. The van der Waals surface area contributed by atoms with E-state index in [1.807, 2.05) is 53.7 Å². The smallest absolute Gasteiger partial charge is 0.126 e. The molecule has 162 valence electrons. The lowest BCUT2D eigenvalue weighted by molar-refractivity contribution is -0.114. The first-order valence-electron chi connectivity index (χ1n) is 10.5. The number of allylic oxidation sites excluding steroid dienone is 6. The highest BCUT2D eigenvalue weighted by atomic mass is 16.1. The second-order valence-corrected chi connectivity index (χ2v) is 5.58. The van der Waals surface area contributed by atoms with Crippen molar-refractivity contribution >= 4 is 5.78 Å². The van der Waals surface area contributed by atoms with Crippen LogP contribution in [0.5, 0.6) is 0 Å². The molecule has 1 unspecified atom stereocenters. The molecule has 0 spiro atoms. The van der Waals surface area contributed by atoms with Crippen molar-refractivity contribution in [2.45, 2.75) is 81.2 Å². The van der Waals surface area contributed by atoms with Crippen LogP contribution in [0, 0.1) is 0 Å². The van der Waals surface area contributed by atoms with Gasteiger partial charge in [-0.2, -0.15) is 0 Å². The maximum Gasteiger partial charge on any atom is 0.126 e. The van der Waals surface area contributed by atoms with Gasteiger partial charge in [0.15, 0.2) is 0 Å². The summed E-state index contributed by atoms with van der Waals surface area (Å²) in [5.74, 6) is 0.167. The van der Waals surface area contributed by atoms with Crippen molar-refractivity contribution < 1.29 is 4.79 Å². The molecular formula is C26H47NO. The zero-order valence-electron chi connectivity index (χ0n) is 20.1. The van der Waals surface area contributed by atoms with Crippen LogP contribution in [0.25, 0.3) is 0 Å². The predicted octanol–water partition coefficient (Wildman–Crippen LogP) is 7.77. The second-order valence-electron chi connectivity index (χ2n) is 5.58. The predicted molar refractivity (Wildman–Crippen MR) is 132 cm³/mol. The molecule has 1 N–H and O–H groups in total. The molecule has 1 atom stereocenters. The van der Waals surface area contributed by atoms with Crippen LogP contribution in [0.15, 0.2) is 72.9 Å². The lowest BCUT2D eigenvalue weighted by Crippen LogP contribution is -2.29. The Morgan fingerprint density at radius 2 is 1.64 bits per heavy atom. The summed E-state index contributed by atoms with van der Waals surface area (Å²) in [7, 11) is 0. The lowest BCUT2D eigenvalue weighted by Gasteiger charge is -2.17. The summed E-state index contributed by atoms with van der Waals surface area (Å²) in [5, 5.41) is 3.54. The third-order valence-corrected chi connectivity index (χ3v) is 2.85. The zero-order chi connectivity index (χ0) is 22.8. The number of ketones is 1. The van der Waals surface area contributed by atoms with E-state index in [1.165, 1.54) is 37.8 Å². The Kier molecular flexibility index (Phi) is 35.8. The number of Topliss-reactive ketones (excluding diaryl/α,β-unsaturated/α-hetero) is 1. The van der Waals surface area contributed by atoms with Crippen LogP contribution in [0.4, 0.5) is 0 Å². The van der Waals surface area contributed by atoms with Crippen molar-refractivity contribution in [2.24, 2.45) is 0 Å². The molecule has 0 aromatic carbocycles. The quantitative estimate of drug-likeness (QED) is 0.371. The number of hydrogen-bond acceptors (Lipinski definition) is 2. The molecule has 0 amide bonds. The largest absolute Gasteiger partial charge is 0.306 e. The molecule has 0 radical (unpaired) electrons. The summed E-state index contributed by atoms with van der Waals surface area (Å²) in [6, 6.07) is 0.407. The van der Waals surface area contributed by atoms with Gasteiger partial charge < -0.3 is 10.1 Å². The van der Waals surface area contributed by atoms with E-state index in [1.54, 1.807) is 6.08 Å². The minimum Gasteiger partial charge on any atom is -0.306 e. The van der Waals surface area contributed by atoms with Crippen molar-refractivity contribution in [3.05, 3.63) is 72.9 Å². The lowest BCUT2D eigenvalue weighted by atomic mass is 10.0. The van der Waals surface area contributed by atoms with E-state index in [4.69, 9.17) is 0 Å². The van der Waals surface area contributed by atoms with Gasteiger partial charge in [-0.3, -0.25) is 0 Å². The Morgan fingerprint density at radius 3 is 2.00 bits per heavy atom. The molecule has 28 heavy (non-hydrogen) atoms. The van der Waals surface area contributed by atoms with Crippen molar-refractivity contribution in [1.82, 2.24) is 5.32 Å². The molecule has 1 rings (SSSR count). The van der Waals surface area contributed by atoms with E-state index >= 15 is 0 Å². The topological polar surface area (TPSA) is 29.1 Å². The molecule has 0 aromatic heterocycles. The monoisotopic (exact) mass is 389 g/mol. The molecule has 1 aliphatic rings. The number of rotatable bonds is 6. The van der Waals surface area contributed by atoms with Crippen LogP contribution in [-0.4, -0.2) is 18.4 Å². The first kappa shape index (κ1) is 33.6. The van der Waals surface area contributed by atoms with Crippen LogP contribution in [0.1, 0.15) is 75.2 Å². The summed E-state index contributed by atoms with van der Waals surface area (Å²) in [5.41, 5.74) is 2.66. The molecule has 0 aliphatic heterocycles. The molecule has 0 bridgehead atoms. The zero-order valence-corrected chi connectivity index (χ0v) is 20.1. The Hall–Kier alpha value is -1.93. The van der Waals surface area contributed by atoms with E-state index in [9.17, 15) is 4.79 Å². The number of hydrogen-bond donors (Lipinski definition) is 1. The summed E-state index contributed by atoms with van der Waals surface area (Å²) >= 11 is 0. The molecule has 0 saturated heterocycles. The molecule has 1 aliphatic carbocycles. The van der Waals surface area contributed by atoms with Gasteiger partial charge in [0.2, 0.25) is 0 Å². The van der Waals surface area contributed by atoms with Crippen molar-refractivity contribution in [2.75, 3.05) is 6.54 Å². The summed E-state index contributed by atoms with van der Waals surface area (Å²) in [6.45, 7) is 25.2. The van der Waals surface area contributed by atoms with Gasteiger partial charge >= 0.3 is 0 Å². The maximum absolute atomic E-state index is 9.44. The van der Waals surface area contributed by atoms with Gasteiger partial charge in [0.05, 0.1) is 0 Å². The Labute approximate surface area is 176 Å². The SMILES string of the molecule is C=C/C=C(\C=C/C)CNC(C)C1=CCCC=C1.C=CC.CC.CC.CC(C)=O. The normalized spacial score (nSPS) is 12.9. The number of nitrogens with one attached hydrogen (secondary N) is 1. The highest BCUT2D eigenvalue weighted by molar-refractivity contribution is 5.72. The van der Waals surface area contributed by atoms with Gasteiger partial charge in [0.25, 0.3) is 0 Å². The van der Waals surface area contributed by atoms with E-state index in [2.05, 4.69) is 55.8 Å². The highest BCUT2D eigenvalue weighted by Gasteiger charge is 2.07. The van der Waals surface area contributed by atoms with Gasteiger partial charge in [0, 0.05) is 12.6 Å². The Morgan fingerprint density at radius 1 is 1.14 bits per heavy atom. The summed E-state index contributed by atoms with van der Waals surface area (Å²) < 4.78 is 0. The first-order chi connectivity index (χ1) is 13.4. The molecule has 2 heteroatoms. The summed E-state index contributed by atoms with van der Waals surface area (Å²) in [4.78, 5) is 9.44. The Balaban J connectivity index is -0.000000219. The molecule has 0 heterocycles. The van der Waals surface area contributed by atoms with Gasteiger partial charge in [-0.15, -0.1) is 6.58 Å². The molecular weight excluding hydrogens is 342 g/mol. The molecule has 0 fully saturated rings. The molecule has 0 aromatic rings. The highest BCUT2D eigenvalue weighted by Crippen LogP contribution is 2.13. The number of carbonyl (C=O) groups is 1. The van der Waals surface area contributed by atoms with Crippen LogP contribution >= 0.6 is 0 Å². The average molecular weight is 390 g/mol. The maximum atomic E-state index is 9.44. The third kappa shape index (κ3) is 28.9. The van der Waals surface area contributed by atoms with Crippen LogP contribution in [-0.2, 0) is 4.79 Å². The van der Waals surface area contributed by atoms with E-state index in [0.717, 1.165) is 6.54 Å². The van der Waals surface area contributed by atoms with E-state index in [-0.39, 0.29) is 5.78 Å². The van der Waals surface area contributed by atoms with Gasteiger partial charge in [-0.25, -0.2) is 0 Å². The first-order valence-corrected chi connectivity index (χ1v) is 10.5. The minimum absolute atomic E-state index is 0.167. The second kappa shape index (κ2) is 29.8. The van der Waals surface area contributed by atoms with Gasteiger partial charge in [-0.1, -0.05) is 82.9 Å². The third-order valence-electron chi connectivity index (χ3n) is 2.85. The standard InChI is InChI=1S/C16H23N.C3H6O.C3H6.2C2H6/c1-4-9-15(10-5-2)13-17-14(3)16-11-7-6-8-12-16;1-3(2)4;1-3-2;2*1-2/h4-5,7,9-12,14,17H,1,6,8,13H2,2-3H3;1-2H3;3H,1H2,2H3;2*1-2H3/b10-5-,15-9+;;;;. The van der Waals surface area contributed by atoms with Gasteiger partial charge in [0.1, 0.15) is 5.78 Å². The fourth-order valence-electron chi connectivity index (χ4n) is 1.88. The average Bonchev–Trinajstić information content (AvgIpc) is 2.70. The van der Waals surface area contributed by atoms with Crippen LogP contribution in [0.2, 0.25) is 0 Å². The van der Waals surface area contributed by atoms with Crippen LogP contribution in [0.3, 0.4) is 0 Å². The number of carbonyl (C=O) groups excluding carboxylic acids is 1. The van der Waals surface area contributed by atoms with Crippen molar-refractivity contribution in [3.63, 3.8) is 0 Å². The van der Waals surface area contributed by atoms with E-state index in [0.29, 0.717) is 6.04 Å². The Bertz CT molecular complexity index is 475. The fraction of sp³-hybridized carbons (Fsp3) is 0.500. The fourth-order valence-corrected chi connectivity index (χ4v) is 1.88. The molecule has 0 saturated carbocycles. The van der Waals surface area contributed by atoms with E-state index < -0.39 is 0 Å².